The Balaban J connectivity index is 1.59. The van der Waals surface area contributed by atoms with E-state index in [4.69, 9.17) is 27.1 Å². The topological polar surface area (TPSA) is 70.8 Å². The lowest BCUT2D eigenvalue weighted by Gasteiger charge is -2.34. The number of nitrogens with two attached hydrogens (primary N) is 1. The van der Waals surface area contributed by atoms with Crippen molar-refractivity contribution in [1.82, 2.24) is 14.9 Å². The maximum Gasteiger partial charge on any atom is 0.237 e. The van der Waals surface area contributed by atoms with Gasteiger partial charge in [-0.05, 0) is 55.6 Å². The molecule has 1 aromatic heterocycles. The van der Waals surface area contributed by atoms with Gasteiger partial charge < -0.3 is 20.3 Å². The molecular weight excluding hydrogens is 448 g/mol. The van der Waals surface area contributed by atoms with Crippen LogP contribution in [0.3, 0.4) is 0 Å². The summed E-state index contributed by atoms with van der Waals surface area (Å²) in [7, 11) is 3.76. The van der Waals surface area contributed by atoms with Crippen molar-refractivity contribution in [2.45, 2.75) is 0 Å². The third-order valence-electron chi connectivity index (χ3n) is 6.19. The number of rotatable bonds is 5. The third-order valence-corrected chi connectivity index (χ3v) is 6.50. The Hall–Kier alpha value is -3.55. The number of para-hydroxylation sites is 1. The summed E-state index contributed by atoms with van der Waals surface area (Å²) in [5.74, 6) is 1.49. The Bertz CT molecular complexity index is 1300. The quantitative estimate of drug-likeness (QED) is 0.431. The maximum atomic E-state index is 6.33. The Kier molecular flexibility index (Phi) is 6.13. The molecule has 0 bridgehead atoms. The smallest absolute Gasteiger partial charge is 0.237 e. The first-order valence-corrected chi connectivity index (χ1v) is 11.6. The molecule has 1 aliphatic rings. The van der Waals surface area contributed by atoms with E-state index in [1.165, 1.54) is 5.69 Å². The standard InChI is InChI=1S/C26H27ClN6O/c1-31-13-15-32(16-14-31)18-7-9-19(10-8-18)33(20-11-12-22(27)24(17-20)34-2)26-29-23-6-4-3-5-21(23)25(28)30-26/h3-12,17H,13-16H2,1-2H3,(H2,28,29,30). The van der Waals surface area contributed by atoms with Gasteiger partial charge in [0, 0.05) is 49.0 Å². The number of ether oxygens (including phenoxy) is 1. The number of likely N-dealkylation sites (N-methyl/N-ethyl adjacent to an activating group) is 1. The predicted octanol–water partition coefficient (Wildman–Crippen LogP) is 5.10. The molecule has 2 heterocycles. The van der Waals surface area contributed by atoms with E-state index >= 15 is 0 Å². The fraction of sp³-hybridized carbons (Fsp3) is 0.231. The van der Waals surface area contributed by atoms with Gasteiger partial charge >= 0.3 is 0 Å². The van der Waals surface area contributed by atoms with Crippen LogP contribution in [0.5, 0.6) is 5.75 Å². The molecule has 8 heteroatoms. The van der Waals surface area contributed by atoms with Crippen LogP contribution >= 0.6 is 11.6 Å². The van der Waals surface area contributed by atoms with E-state index in [2.05, 4.69) is 46.1 Å². The number of nitrogen functional groups attached to an aromatic ring is 1. The molecule has 2 N–H and O–H groups in total. The first-order valence-electron chi connectivity index (χ1n) is 11.2. The van der Waals surface area contributed by atoms with Crippen molar-refractivity contribution in [3.8, 4) is 5.75 Å². The minimum atomic E-state index is 0.431. The highest BCUT2D eigenvalue weighted by Crippen LogP contribution is 2.38. The van der Waals surface area contributed by atoms with E-state index in [9.17, 15) is 0 Å². The van der Waals surface area contributed by atoms with Crippen molar-refractivity contribution < 1.29 is 4.74 Å². The summed E-state index contributed by atoms with van der Waals surface area (Å²) in [6, 6.07) is 21.8. The minimum absolute atomic E-state index is 0.431. The molecule has 0 atom stereocenters. The second-order valence-electron chi connectivity index (χ2n) is 8.39. The van der Waals surface area contributed by atoms with Crippen LogP contribution in [0, 0.1) is 0 Å². The summed E-state index contributed by atoms with van der Waals surface area (Å²) in [6.45, 7) is 4.14. The number of hydrogen-bond donors (Lipinski definition) is 1. The highest BCUT2D eigenvalue weighted by atomic mass is 35.5. The van der Waals surface area contributed by atoms with Gasteiger partial charge in [-0.2, -0.15) is 4.98 Å². The van der Waals surface area contributed by atoms with E-state index in [0.717, 1.165) is 48.5 Å². The van der Waals surface area contributed by atoms with E-state index < -0.39 is 0 Å². The Morgan fingerprint density at radius 1 is 0.912 bits per heavy atom. The number of methoxy groups -OCH3 is 1. The molecular formula is C26H27ClN6O. The van der Waals surface area contributed by atoms with Gasteiger partial charge in [-0.25, -0.2) is 4.98 Å². The van der Waals surface area contributed by atoms with Crippen LogP contribution in [0.1, 0.15) is 0 Å². The van der Waals surface area contributed by atoms with Crippen LogP contribution in [0.4, 0.5) is 28.8 Å². The number of anilines is 5. The largest absolute Gasteiger partial charge is 0.495 e. The van der Waals surface area contributed by atoms with E-state index in [1.54, 1.807) is 7.11 Å². The fourth-order valence-corrected chi connectivity index (χ4v) is 4.43. The van der Waals surface area contributed by atoms with Crippen molar-refractivity contribution in [1.29, 1.82) is 0 Å². The molecule has 1 fully saturated rings. The zero-order valence-corrected chi connectivity index (χ0v) is 20.0. The van der Waals surface area contributed by atoms with E-state index in [-0.39, 0.29) is 0 Å². The van der Waals surface area contributed by atoms with Gasteiger partial charge in [-0.1, -0.05) is 23.7 Å². The van der Waals surface area contributed by atoms with Gasteiger partial charge in [0.25, 0.3) is 0 Å². The predicted molar refractivity (Wildman–Crippen MR) is 140 cm³/mol. The molecule has 4 aromatic rings. The van der Waals surface area contributed by atoms with Crippen molar-refractivity contribution in [2.24, 2.45) is 0 Å². The van der Waals surface area contributed by atoms with Gasteiger partial charge in [-0.3, -0.25) is 4.90 Å². The molecule has 0 unspecified atom stereocenters. The summed E-state index contributed by atoms with van der Waals surface area (Å²) in [4.78, 5) is 16.2. The summed E-state index contributed by atoms with van der Waals surface area (Å²) in [6.07, 6.45) is 0. The zero-order chi connectivity index (χ0) is 23.7. The van der Waals surface area contributed by atoms with E-state index in [1.807, 2.05) is 47.4 Å². The number of benzene rings is 3. The summed E-state index contributed by atoms with van der Waals surface area (Å²) in [5, 5.41) is 1.36. The Morgan fingerprint density at radius 3 is 2.35 bits per heavy atom. The number of nitrogens with zero attached hydrogens (tertiary/aromatic N) is 5. The summed E-state index contributed by atoms with van der Waals surface area (Å²) in [5.41, 5.74) is 10.0. The molecule has 0 spiro atoms. The number of hydrogen-bond acceptors (Lipinski definition) is 7. The average molecular weight is 475 g/mol. The number of halogens is 1. The molecule has 0 saturated carbocycles. The monoisotopic (exact) mass is 474 g/mol. The van der Waals surface area contributed by atoms with Crippen LogP contribution in [0.25, 0.3) is 10.9 Å². The minimum Gasteiger partial charge on any atom is -0.495 e. The molecule has 7 nitrogen and oxygen atoms in total. The van der Waals surface area contributed by atoms with Crippen LogP contribution in [-0.2, 0) is 0 Å². The lowest BCUT2D eigenvalue weighted by atomic mass is 10.2. The van der Waals surface area contributed by atoms with Gasteiger partial charge in [0.05, 0.1) is 23.3 Å². The second kappa shape index (κ2) is 9.37. The van der Waals surface area contributed by atoms with Crippen molar-refractivity contribution in [3.05, 3.63) is 71.8 Å². The van der Waals surface area contributed by atoms with E-state index in [0.29, 0.717) is 22.5 Å². The Labute approximate surface area is 204 Å². The van der Waals surface area contributed by atoms with Crippen molar-refractivity contribution in [3.63, 3.8) is 0 Å². The fourth-order valence-electron chi connectivity index (χ4n) is 4.23. The Morgan fingerprint density at radius 2 is 1.62 bits per heavy atom. The SMILES string of the molecule is COc1cc(N(c2ccc(N3CCN(C)CC3)cc2)c2nc(N)c3ccccc3n2)ccc1Cl. The number of aromatic nitrogens is 2. The first-order chi connectivity index (χ1) is 16.5. The molecule has 34 heavy (non-hydrogen) atoms. The molecule has 1 aliphatic heterocycles. The number of piperazine rings is 1. The van der Waals surface area contributed by atoms with Crippen molar-refractivity contribution in [2.75, 3.05) is 55.9 Å². The van der Waals surface area contributed by atoms with Crippen LogP contribution in [-0.4, -0.2) is 55.2 Å². The van der Waals surface area contributed by atoms with Gasteiger partial charge in [0.2, 0.25) is 5.95 Å². The average Bonchev–Trinajstić information content (AvgIpc) is 2.86. The van der Waals surface area contributed by atoms with Crippen LogP contribution in [0.15, 0.2) is 66.7 Å². The lowest BCUT2D eigenvalue weighted by Crippen LogP contribution is -2.44. The molecule has 0 radical (unpaired) electrons. The number of fused-ring (bicyclic) bond motifs is 1. The highest BCUT2D eigenvalue weighted by molar-refractivity contribution is 6.32. The second-order valence-corrected chi connectivity index (χ2v) is 8.79. The first kappa shape index (κ1) is 22.3. The summed E-state index contributed by atoms with van der Waals surface area (Å²) >= 11 is 6.31. The normalized spacial score (nSPS) is 14.4. The maximum absolute atomic E-state index is 6.33. The zero-order valence-electron chi connectivity index (χ0n) is 19.3. The third kappa shape index (κ3) is 4.32. The van der Waals surface area contributed by atoms with Crippen LogP contribution in [0.2, 0.25) is 5.02 Å². The van der Waals surface area contributed by atoms with Gasteiger partial charge in [0.1, 0.15) is 11.6 Å². The molecule has 174 valence electrons. The summed E-state index contributed by atoms with van der Waals surface area (Å²) < 4.78 is 5.47. The molecule has 0 amide bonds. The lowest BCUT2D eigenvalue weighted by molar-refractivity contribution is 0.313. The molecule has 1 saturated heterocycles. The van der Waals surface area contributed by atoms with Crippen molar-refractivity contribution >= 4 is 51.3 Å². The van der Waals surface area contributed by atoms with Crippen LogP contribution < -0.4 is 20.3 Å². The highest BCUT2D eigenvalue weighted by Gasteiger charge is 2.20. The van der Waals surface area contributed by atoms with Gasteiger partial charge in [-0.15, -0.1) is 0 Å². The molecule has 5 rings (SSSR count). The van der Waals surface area contributed by atoms with Gasteiger partial charge in [0.15, 0.2) is 0 Å². The molecule has 0 aliphatic carbocycles. The molecule has 3 aromatic carbocycles.